The predicted molar refractivity (Wildman–Crippen MR) is 47.5 cm³/mol. The first kappa shape index (κ1) is 9.53. The first-order chi connectivity index (χ1) is 4.16. The summed E-state index contributed by atoms with van der Waals surface area (Å²) in [5.41, 5.74) is 0. The molecule has 0 rings (SSSR count). The van der Waals surface area contributed by atoms with Crippen LogP contribution in [0.2, 0.25) is 6.04 Å². The second kappa shape index (κ2) is 5.32. The number of thiol groups is 1. The van der Waals surface area contributed by atoms with Gasteiger partial charge < -0.3 is 4.43 Å². The maximum atomic E-state index is 5.49. The third-order valence-electron chi connectivity index (χ3n) is 0.965. The largest absolute Gasteiger partial charge is 0.408 e. The maximum absolute atomic E-state index is 5.49. The molecule has 0 aromatic rings. The molecule has 1 atom stereocenters. The van der Waals surface area contributed by atoms with E-state index in [2.05, 4.69) is 32.8 Å². The van der Waals surface area contributed by atoms with Crippen LogP contribution >= 0.6 is 12.1 Å². The van der Waals surface area contributed by atoms with Crippen molar-refractivity contribution in [1.29, 1.82) is 0 Å². The SMILES string of the molecule is CCC[SiH](S)OC(C)C. The Bertz CT molecular complexity index is 68.1. The third kappa shape index (κ3) is 6.41. The van der Waals surface area contributed by atoms with Gasteiger partial charge in [-0.15, -0.1) is 0 Å². The number of hydrogen-bond acceptors (Lipinski definition) is 2. The summed E-state index contributed by atoms with van der Waals surface area (Å²) in [7, 11) is -1.07. The van der Waals surface area contributed by atoms with E-state index in [0.29, 0.717) is 6.10 Å². The van der Waals surface area contributed by atoms with Gasteiger partial charge in [-0.05, 0) is 19.9 Å². The standard InChI is InChI=1S/C6H16OSSi/c1-4-5-9(8)7-6(2)3/h6,8-9H,4-5H2,1-3H3. The molecular weight excluding hydrogens is 148 g/mol. The van der Waals surface area contributed by atoms with Crippen molar-refractivity contribution in [3.63, 3.8) is 0 Å². The van der Waals surface area contributed by atoms with Crippen LogP contribution in [-0.2, 0) is 4.43 Å². The lowest BCUT2D eigenvalue weighted by atomic mass is 10.5. The molecule has 0 N–H and O–H groups in total. The predicted octanol–water partition coefficient (Wildman–Crippen LogP) is 1.97. The molecule has 0 radical (unpaired) electrons. The Morgan fingerprint density at radius 1 is 1.56 bits per heavy atom. The molecule has 0 aliphatic carbocycles. The van der Waals surface area contributed by atoms with Crippen molar-refractivity contribution < 1.29 is 4.43 Å². The lowest BCUT2D eigenvalue weighted by Crippen LogP contribution is -2.15. The summed E-state index contributed by atoms with van der Waals surface area (Å²) in [6.45, 7) is 6.29. The van der Waals surface area contributed by atoms with E-state index in [1.165, 1.54) is 12.5 Å². The Labute approximate surface area is 64.6 Å². The minimum Gasteiger partial charge on any atom is -0.408 e. The molecule has 0 spiro atoms. The van der Waals surface area contributed by atoms with E-state index in [1.54, 1.807) is 0 Å². The summed E-state index contributed by atoms with van der Waals surface area (Å²) in [6.07, 6.45) is 1.57. The van der Waals surface area contributed by atoms with Crippen LogP contribution in [0.15, 0.2) is 0 Å². The van der Waals surface area contributed by atoms with Crippen molar-refractivity contribution in [3.8, 4) is 0 Å². The van der Waals surface area contributed by atoms with E-state index in [9.17, 15) is 0 Å². The third-order valence-corrected chi connectivity index (χ3v) is 4.03. The molecule has 0 saturated carbocycles. The molecule has 0 aromatic carbocycles. The molecule has 0 aromatic heterocycles. The quantitative estimate of drug-likeness (QED) is 0.494. The molecule has 0 heterocycles. The van der Waals surface area contributed by atoms with Gasteiger partial charge in [0.25, 0.3) is 0 Å². The second-order valence-corrected chi connectivity index (χ2v) is 5.91. The highest BCUT2D eigenvalue weighted by atomic mass is 32.3. The van der Waals surface area contributed by atoms with Crippen molar-refractivity contribution in [3.05, 3.63) is 0 Å². The van der Waals surface area contributed by atoms with Gasteiger partial charge in [0, 0.05) is 6.10 Å². The van der Waals surface area contributed by atoms with Crippen LogP contribution in [0.1, 0.15) is 27.2 Å². The minimum absolute atomic E-state index is 0.366. The monoisotopic (exact) mass is 164 g/mol. The lowest BCUT2D eigenvalue weighted by molar-refractivity contribution is 0.251. The molecule has 1 nitrogen and oxygen atoms in total. The molecule has 3 heteroatoms. The second-order valence-electron chi connectivity index (χ2n) is 2.43. The zero-order valence-electron chi connectivity index (χ0n) is 6.42. The van der Waals surface area contributed by atoms with Gasteiger partial charge in [-0.3, -0.25) is 0 Å². The summed E-state index contributed by atoms with van der Waals surface area (Å²) in [6, 6.07) is 1.18. The Balaban J connectivity index is 3.15. The van der Waals surface area contributed by atoms with Gasteiger partial charge in [0.05, 0.1) is 0 Å². The highest BCUT2D eigenvalue weighted by molar-refractivity contribution is 8.09. The molecule has 56 valence electrons. The Hall–Kier alpha value is 0.527. The highest BCUT2D eigenvalue weighted by Crippen LogP contribution is 2.04. The van der Waals surface area contributed by atoms with Gasteiger partial charge >= 0.3 is 0 Å². The molecule has 9 heavy (non-hydrogen) atoms. The molecule has 1 unspecified atom stereocenters. The Kier molecular flexibility index (Phi) is 5.63. The zero-order valence-corrected chi connectivity index (χ0v) is 8.47. The normalized spacial score (nSPS) is 14.3. The Morgan fingerprint density at radius 2 is 2.11 bits per heavy atom. The minimum atomic E-state index is -1.07. The van der Waals surface area contributed by atoms with Crippen LogP contribution in [0.5, 0.6) is 0 Å². The summed E-state index contributed by atoms with van der Waals surface area (Å²) in [5, 5.41) is 0. The van der Waals surface area contributed by atoms with E-state index in [-0.39, 0.29) is 0 Å². The zero-order chi connectivity index (χ0) is 7.28. The van der Waals surface area contributed by atoms with Gasteiger partial charge in [-0.25, -0.2) is 0 Å². The molecular formula is C6H16OSSi. The fraction of sp³-hybridized carbons (Fsp3) is 1.00. The van der Waals surface area contributed by atoms with Crippen molar-refractivity contribution in [2.45, 2.75) is 39.3 Å². The van der Waals surface area contributed by atoms with Crippen LogP contribution in [0.3, 0.4) is 0 Å². The first-order valence-electron chi connectivity index (χ1n) is 3.50. The van der Waals surface area contributed by atoms with E-state index >= 15 is 0 Å². The van der Waals surface area contributed by atoms with Gasteiger partial charge in [-0.1, -0.05) is 13.3 Å². The smallest absolute Gasteiger partial charge is 0.235 e. The van der Waals surface area contributed by atoms with E-state index < -0.39 is 8.19 Å². The molecule has 0 aliphatic rings. The molecule has 0 bridgehead atoms. The van der Waals surface area contributed by atoms with Crippen molar-refractivity contribution in [2.75, 3.05) is 0 Å². The van der Waals surface area contributed by atoms with Crippen LogP contribution < -0.4 is 0 Å². The van der Waals surface area contributed by atoms with Gasteiger partial charge in [0.2, 0.25) is 8.19 Å². The van der Waals surface area contributed by atoms with Crippen LogP contribution in [0.4, 0.5) is 0 Å². The van der Waals surface area contributed by atoms with E-state index in [4.69, 9.17) is 4.43 Å². The van der Waals surface area contributed by atoms with E-state index in [1.807, 2.05) is 0 Å². The molecule has 0 amide bonds. The summed E-state index contributed by atoms with van der Waals surface area (Å²) in [4.78, 5) is 0. The van der Waals surface area contributed by atoms with Crippen molar-refractivity contribution in [1.82, 2.24) is 0 Å². The average molecular weight is 164 g/mol. The van der Waals surface area contributed by atoms with Gasteiger partial charge in [0.1, 0.15) is 0 Å². The van der Waals surface area contributed by atoms with Crippen LogP contribution in [-0.4, -0.2) is 14.3 Å². The lowest BCUT2D eigenvalue weighted by Gasteiger charge is -2.12. The Morgan fingerprint density at radius 3 is 2.44 bits per heavy atom. The summed E-state index contributed by atoms with van der Waals surface area (Å²) in [5.74, 6) is 0. The van der Waals surface area contributed by atoms with Crippen LogP contribution in [0.25, 0.3) is 0 Å². The van der Waals surface area contributed by atoms with Crippen LogP contribution in [0, 0.1) is 0 Å². The summed E-state index contributed by atoms with van der Waals surface area (Å²) < 4.78 is 5.49. The first-order valence-corrected chi connectivity index (χ1v) is 6.85. The molecule has 0 fully saturated rings. The average Bonchev–Trinajstić information content (AvgIpc) is 1.63. The number of rotatable bonds is 4. The fourth-order valence-electron chi connectivity index (χ4n) is 0.629. The fourth-order valence-corrected chi connectivity index (χ4v) is 3.39. The topological polar surface area (TPSA) is 9.23 Å². The van der Waals surface area contributed by atoms with Gasteiger partial charge in [-0.2, -0.15) is 12.1 Å². The maximum Gasteiger partial charge on any atom is 0.235 e. The summed E-state index contributed by atoms with van der Waals surface area (Å²) >= 11 is 4.37. The van der Waals surface area contributed by atoms with Crippen molar-refractivity contribution in [2.24, 2.45) is 0 Å². The number of hydrogen-bond donors (Lipinski definition) is 1. The van der Waals surface area contributed by atoms with Crippen molar-refractivity contribution >= 4 is 20.3 Å². The highest BCUT2D eigenvalue weighted by Gasteiger charge is 2.05. The molecule has 0 saturated heterocycles. The van der Waals surface area contributed by atoms with E-state index in [0.717, 1.165) is 0 Å². The molecule has 0 aliphatic heterocycles. The van der Waals surface area contributed by atoms with Gasteiger partial charge in [0.15, 0.2) is 0 Å².